The van der Waals surface area contributed by atoms with Crippen molar-refractivity contribution in [3.8, 4) is 0 Å². The largest absolute Gasteiger partial charge is 0.388 e. The Morgan fingerprint density at radius 1 is 1.19 bits per heavy atom. The van der Waals surface area contributed by atoms with Gasteiger partial charge in [-0.15, -0.1) is 0 Å². The average molecular weight is 290 g/mol. The van der Waals surface area contributed by atoms with Crippen molar-refractivity contribution in [2.75, 3.05) is 32.7 Å². The predicted octanol–water partition coefficient (Wildman–Crippen LogP) is 2.75. The van der Waals surface area contributed by atoms with Crippen molar-refractivity contribution in [2.45, 2.75) is 46.3 Å². The maximum Gasteiger partial charge on any atom is 0.0802 e. The maximum atomic E-state index is 10.4. The molecule has 118 valence electrons. The highest BCUT2D eigenvalue weighted by Gasteiger charge is 2.22. The average Bonchev–Trinajstić information content (AvgIpc) is 2.43. The number of piperazine rings is 1. The molecule has 0 amide bonds. The molecule has 2 unspecified atom stereocenters. The van der Waals surface area contributed by atoms with Gasteiger partial charge in [-0.05, 0) is 39.3 Å². The van der Waals surface area contributed by atoms with Gasteiger partial charge in [0, 0.05) is 32.2 Å². The van der Waals surface area contributed by atoms with E-state index in [1.54, 1.807) is 0 Å². The molecule has 21 heavy (non-hydrogen) atoms. The van der Waals surface area contributed by atoms with E-state index in [2.05, 4.69) is 55.7 Å². The minimum atomic E-state index is -0.344. The third kappa shape index (κ3) is 4.53. The first-order valence-corrected chi connectivity index (χ1v) is 8.22. The number of aliphatic hydroxyl groups excluding tert-OH is 1. The molecule has 1 fully saturated rings. The summed E-state index contributed by atoms with van der Waals surface area (Å²) in [7, 11) is 0. The Morgan fingerprint density at radius 3 is 2.43 bits per heavy atom. The summed E-state index contributed by atoms with van der Waals surface area (Å²) in [5.41, 5.74) is 3.52. The molecule has 1 aliphatic rings. The van der Waals surface area contributed by atoms with Gasteiger partial charge in [-0.25, -0.2) is 0 Å². The van der Waals surface area contributed by atoms with Gasteiger partial charge in [0.2, 0.25) is 0 Å². The lowest BCUT2D eigenvalue weighted by atomic mass is 10.0. The van der Waals surface area contributed by atoms with Crippen LogP contribution in [0.4, 0.5) is 0 Å². The van der Waals surface area contributed by atoms with Gasteiger partial charge in [0.05, 0.1) is 6.10 Å². The van der Waals surface area contributed by atoms with E-state index in [1.165, 1.54) is 11.1 Å². The van der Waals surface area contributed by atoms with E-state index >= 15 is 0 Å². The zero-order valence-corrected chi connectivity index (χ0v) is 14.0. The summed E-state index contributed by atoms with van der Waals surface area (Å²) in [4.78, 5) is 5.01. The smallest absolute Gasteiger partial charge is 0.0802 e. The number of hydrogen-bond donors (Lipinski definition) is 1. The molecular formula is C18H30N2O. The molecule has 1 aromatic rings. The molecule has 0 aliphatic carbocycles. The van der Waals surface area contributed by atoms with Crippen molar-refractivity contribution in [3.63, 3.8) is 0 Å². The standard InChI is InChI=1S/C18H30N2O/c1-5-20-9-8-19(13-16(20)4)7-6-18(21)17-11-14(2)10-15(3)12-17/h10-12,16,18,21H,5-9,13H2,1-4H3. The highest BCUT2D eigenvalue weighted by molar-refractivity contribution is 5.29. The third-order valence-electron chi connectivity index (χ3n) is 4.60. The second kappa shape index (κ2) is 7.39. The Hall–Kier alpha value is -0.900. The topological polar surface area (TPSA) is 26.7 Å². The van der Waals surface area contributed by atoms with Gasteiger partial charge < -0.3 is 10.0 Å². The normalized spacial score (nSPS) is 22.4. The fraction of sp³-hybridized carbons (Fsp3) is 0.667. The first-order valence-electron chi connectivity index (χ1n) is 8.22. The van der Waals surface area contributed by atoms with E-state index in [0.717, 1.165) is 44.7 Å². The maximum absolute atomic E-state index is 10.4. The van der Waals surface area contributed by atoms with Crippen LogP contribution in [-0.2, 0) is 0 Å². The summed E-state index contributed by atoms with van der Waals surface area (Å²) in [5.74, 6) is 0. The SMILES string of the molecule is CCN1CCN(CCC(O)c2cc(C)cc(C)c2)CC1C. The van der Waals surface area contributed by atoms with Crippen molar-refractivity contribution in [1.29, 1.82) is 0 Å². The number of aryl methyl sites for hydroxylation is 2. The lowest BCUT2D eigenvalue weighted by Gasteiger charge is -2.39. The van der Waals surface area contributed by atoms with Crippen LogP contribution < -0.4 is 0 Å². The molecule has 1 N–H and O–H groups in total. The Bertz CT molecular complexity index is 440. The van der Waals surface area contributed by atoms with Gasteiger partial charge in [-0.3, -0.25) is 4.90 Å². The molecule has 0 spiro atoms. The van der Waals surface area contributed by atoms with Crippen molar-refractivity contribution >= 4 is 0 Å². The number of nitrogens with zero attached hydrogens (tertiary/aromatic N) is 2. The molecule has 0 radical (unpaired) electrons. The number of benzene rings is 1. The summed E-state index contributed by atoms with van der Waals surface area (Å²) in [6.45, 7) is 14.2. The van der Waals surface area contributed by atoms with E-state index in [-0.39, 0.29) is 6.10 Å². The van der Waals surface area contributed by atoms with Crippen molar-refractivity contribution in [3.05, 3.63) is 34.9 Å². The summed E-state index contributed by atoms with van der Waals surface area (Å²) in [6, 6.07) is 6.99. The predicted molar refractivity (Wildman–Crippen MR) is 88.6 cm³/mol. The number of hydrogen-bond acceptors (Lipinski definition) is 3. The van der Waals surface area contributed by atoms with Crippen LogP contribution in [0.1, 0.15) is 43.1 Å². The first kappa shape index (κ1) is 16.5. The van der Waals surface area contributed by atoms with Gasteiger partial charge in [0.25, 0.3) is 0 Å². The number of likely N-dealkylation sites (N-methyl/N-ethyl adjacent to an activating group) is 1. The Kier molecular flexibility index (Phi) is 5.80. The van der Waals surface area contributed by atoms with Gasteiger partial charge in [-0.1, -0.05) is 36.2 Å². The number of aliphatic hydroxyl groups is 1. The second-order valence-corrected chi connectivity index (χ2v) is 6.50. The molecule has 2 rings (SSSR count). The van der Waals surface area contributed by atoms with Crippen LogP contribution in [0.2, 0.25) is 0 Å². The van der Waals surface area contributed by atoms with Crippen molar-refractivity contribution in [2.24, 2.45) is 0 Å². The zero-order valence-electron chi connectivity index (χ0n) is 14.0. The Morgan fingerprint density at radius 2 is 1.86 bits per heavy atom. The zero-order chi connectivity index (χ0) is 15.4. The highest BCUT2D eigenvalue weighted by Crippen LogP contribution is 2.21. The Balaban J connectivity index is 1.85. The van der Waals surface area contributed by atoms with Crippen LogP contribution in [0.5, 0.6) is 0 Å². The molecule has 1 aliphatic heterocycles. The summed E-state index contributed by atoms with van der Waals surface area (Å²) in [6.07, 6.45) is 0.477. The summed E-state index contributed by atoms with van der Waals surface area (Å²) >= 11 is 0. The van der Waals surface area contributed by atoms with E-state index in [1.807, 2.05) is 0 Å². The Labute approximate surface area is 129 Å². The molecule has 3 nitrogen and oxygen atoms in total. The lowest BCUT2D eigenvalue weighted by molar-refractivity contribution is 0.0718. The van der Waals surface area contributed by atoms with Crippen LogP contribution in [-0.4, -0.2) is 53.7 Å². The monoisotopic (exact) mass is 290 g/mol. The van der Waals surface area contributed by atoms with Crippen LogP contribution in [0, 0.1) is 13.8 Å². The van der Waals surface area contributed by atoms with Crippen LogP contribution in [0.25, 0.3) is 0 Å². The van der Waals surface area contributed by atoms with Crippen molar-refractivity contribution < 1.29 is 5.11 Å². The van der Waals surface area contributed by atoms with Gasteiger partial charge in [-0.2, -0.15) is 0 Å². The molecule has 1 saturated heterocycles. The molecule has 0 saturated carbocycles. The lowest BCUT2D eigenvalue weighted by Crippen LogP contribution is -2.51. The minimum Gasteiger partial charge on any atom is -0.388 e. The summed E-state index contributed by atoms with van der Waals surface area (Å²) in [5, 5.41) is 10.4. The van der Waals surface area contributed by atoms with Crippen LogP contribution >= 0.6 is 0 Å². The molecule has 0 aromatic heterocycles. The first-order chi connectivity index (χ1) is 9.99. The van der Waals surface area contributed by atoms with Crippen LogP contribution in [0.3, 0.4) is 0 Å². The van der Waals surface area contributed by atoms with Crippen LogP contribution in [0.15, 0.2) is 18.2 Å². The van der Waals surface area contributed by atoms with E-state index in [9.17, 15) is 5.11 Å². The fourth-order valence-electron chi connectivity index (χ4n) is 3.42. The van der Waals surface area contributed by atoms with Gasteiger partial charge in [0.1, 0.15) is 0 Å². The van der Waals surface area contributed by atoms with Gasteiger partial charge in [0.15, 0.2) is 0 Å². The third-order valence-corrected chi connectivity index (χ3v) is 4.60. The molecule has 3 heteroatoms. The molecule has 1 aromatic carbocycles. The quantitative estimate of drug-likeness (QED) is 0.903. The fourth-order valence-corrected chi connectivity index (χ4v) is 3.42. The summed E-state index contributed by atoms with van der Waals surface area (Å²) < 4.78 is 0. The van der Waals surface area contributed by atoms with Gasteiger partial charge >= 0.3 is 0 Å². The minimum absolute atomic E-state index is 0.344. The molecule has 0 bridgehead atoms. The van der Waals surface area contributed by atoms with E-state index in [0.29, 0.717) is 6.04 Å². The van der Waals surface area contributed by atoms with E-state index < -0.39 is 0 Å². The number of rotatable bonds is 5. The molecule has 1 heterocycles. The van der Waals surface area contributed by atoms with Crippen molar-refractivity contribution in [1.82, 2.24) is 9.80 Å². The molecular weight excluding hydrogens is 260 g/mol. The second-order valence-electron chi connectivity index (χ2n) is 6.50. The highest BCUT2D eigenvalue weighted by atomic mass is 16.3. The molecule has 2 atom stereocenters. The van der Waals surface area contributed by atoms with E-state index in [4.69, 9.17) is 0 Å².